The van der Waals surface area contributed by atoms with Crippen LogP contribution in [0, 0.1) is 0 Å². The molecule has 9 heavy (non-hydrogen) atoms. The number of hydrogen-bond acceptors (Lipinski definition) is 1. The Hall–Kier alpha value is -0.730. The summed E-state index contributed by atoms with van der Waals surface area (Å²) in [6.07, 6.45) is 0. The number of carbonyl (C=O) groups excluding carboxylic acids is 1. The Labute approximate surface area is 55.0 Å². The van der Waals surface area contributed by atoms with Crippen LogP contribution in [0.4, 0.5) is 4.79 Å². The molecule has 0 atom stereocenters. The topological polar surface area (TPSA) is 32.1 Å². The summed E-state index contributed by atoms with van der Waals surface area (Å²) in [5.74, 6) is 0. The monoisotopic (exact) mass is 128 g/mol. The van der Waals surface area contributed by atoms with Gasteiger partial charge < -0.3 is 10.2 Å². The van der Waals surface area contributed by atoms with Gasteiger partial charge in [0.25, 0.3) is 0 Å². The molecule has 0 aliphatic carbocycles. The summed E-state index contributed by atoms with van der Waals surface area (Å²) in [6.45, 7) is 5.78. The molecule has 1 aliphatic rings. The Bertz CT molecular complexity index is 118. The summed E-state index contributed by atoms with van der Waals surface area (Å²) < 4.78 is 0. The van der Waals surface area contributed by atoms with Crippen LogP contribution in [-0.4, -0.2) is 30.1 Å². The summed E-state index contributed by atoms with van der Waals surface area (Å²) >= 11 is 0. The molecular weight excluding hydrogens is 116 g/mol. The zero-order valence-corrected chi connectivity index (χ0v) is 5.85. The predicted molar refractivity (Wildman–Crippen MR) is 35.2 cm³/mol. The molecule has 2 amide bonds. The molecule has 1 aliphatic heterocycles. The summed E-state index contributed by atoms with van der Waals surface area (Å²) in [7, 11) is 0. The highest BCUT2D eigenvalue weighted by atomic mass is 16.2. The lowest BCUT2D eigenvalue weighted by atomic mass is 10.4. The molecule has 1 rings (SSSR count). The third-order valence-corrected chi connectivity index (χ3v) is 1.15. The first-order valence-electron chi connectivity index (χ1n) is 3.25. The molecule has 0 saturated carbocycles. The smallest absolute Gasteiger partial charge is 0.317 e. The van der Waals surface area contributed by atoms with E-state index in [0.29, 0.717) is 0 Å². The molecule has 1 heterocycles. The standard InChI is InChI=1S/C6H12N2O/c1-5(2)7-6(9)8-3-4-8/h5H,3-4H2,1-2H3,(H,7,9). The lowest BCUT2D eigenvalue weighted by Crippen LogP contribution is -2.33. The van der Waals surface area contributed by atoms with E-state index in [4.69, 9.17) is 0 Å². The molecule has 3 nitrogen and oxygen atoms in total. The van der Waals surface area contributed by atoms with Crippen molar-refractivity contribution in [3.8, 4) is 0 Å². The highest BCUT2D eigenvalue weighted by Crippen LogP contribution is 2.02. The third-order valence-electron chi connectivity index (χ3n) is 1.15. The molecule has 0 bridgehead atoms. The number of hydrogen-bond donors (Lipinski definition) is 1. The quantitative estimate of drug-likeness (QED) is 0.510. The van der Waals surface area contributed by atoms with E-state index < -0.39 is 0 Å². The van der Waals surface area contributed by atoms with E-state index in [0.717, 1.165) is 13.1 Å². The number of nitrogens with one attached hydrogen (secondary N) is 1. The van der Waals surface area contributed by atoms with Crippen LogP contribution in [0.5, 0.6) is 0 Å². The van der Waals surface area contributed by atoms with Gasteiger partial charge in [0.1, 0.15) is 0 Å². The molecule has 0 aromatic rings. The highest BCUT2D eigenvalue weighted by molar-refractivity contribution is 5.76. The van der Waals surface area contributed by atoms with E-state index in [1.165, 1.54) is 0 Å². The average molecular weight is 128 g/mol. The first kappa shape index (κ1) is 6.39. The Morgan fingerprint density at radius 3 is 2.44 bits per heavy atom. The van der Waals surface area contributed by atoms with Gasteiger partial charge in [0.2, 0.25) is 0 Å². The average Bonchev–Trinajstić information content (AvgIpc) is 2.40. The Kier molecular flexibility index (Phi) is 1.60. The van der Waals surface area contributed by atoms with Crippen molar-refractivity contribution in [1.82, 2.24) is 10.2 Å². The Morgan fingerprint density at radius 2 is 2.11 bits per heavy atom. The SMILES string of the molecule is CC(C)NC(=O)N1CC1. The van der Waals surface area contributed by atoms with Crippen LogP contribution < -0.4 is 5.32 Å². The van der Waals surface area contributed by atoms with E-state index >= 15 is 0 Å². The molecule has 1 saturated heterocycles. The maximum absolute atomic E-state index is 10.8. The number of amides is 2. The lowest BCUT2D eigenvalue weighted by Gasteiger charge is -2.07. The van der Waals surface area contributed by atoms with Crippen molar-refractivity contribution in [3.05, 3.63) is 0 Å². The molecule has 0 spiro atoms. The second kappa shape index (κ2) is 2.25. The first-order valence-corrected chi connectivity index (χ1v) is 3.25. The Morgan fingerprint density at radius 1 is 1.56 bits per heavy atom. The van der Waals surface area contributed by atoms with Gasteiger partial charge >= 0.3 is 6.03 Å². The van der Waals surface area contributed by atoms with Crippen LogP contribution >= 0.6 is 0 Å². The maximum atomic E-state index is 10.8. The van der Waals surface area contributed by atoms with E-state index in [1.54, 1.807) is 4.90 Å². The van der Waals surface area contributed by atoms with E-state index in [-0.39, 0.29) is 12.1 Å². The summed E-state index contributed by atoms with van der Waals surface area (Å²) in [5, 5.41) is 2.79. The lowest BCUT2D eigenvalue weighted by molar-refractivity contribution is 0.227. The van der Waals surface area contributed by atoms with Crippen molar-refractivity contribution in [2.45, 2.75) is 19.9 Å². The zero-order valence-electron chi connectivity index (χ0n) is 5.85. The van der Waals surface area contributed by atoms with Gasteiger partial charge in [-0.3, -0.25) is 0 Å². The fraction of sp³-hybridized carbons (Fsp3) is 0.833. The fourth-order valence-corrected chi connectivity index (χ4v) is 0.591. The van der Waals surface area contributed by atoms with Crippen molar-refractivity contribution in [3.63, 3.8) is 0 Å². The van der Waals surface area contributed by atoms with Crippen LogP contribution in [0.1, 0.15) is 13.8 Å². The number of nitrogens with zero attached hydrogens (tertiary/aromatic N) is 1. The second-order valence-electron chi connectivity index (χ2n) is 2.59. The van der Waals surface area contributed by atoms with Gasteiger partial charge in [-0.25, -0.2) is 4.79 Å². The molecule has 3 heteroatoms. The second-order valence-corrected chi connectivity index (χ2v) is 2.59. The largest absolute Gasteiger partial charge is 0.336 e. The third kappa shape index (κ3) is 1.91. The molecular formula is C6H12N2O. The summed E-state index contributed by atoms with van der Waals surface area (Å²) in [4.78, 5) is 12.6. The minimum absolute atomic E-state index is 0.0741. The van der Waals surface area contributed by atoms with Crippen LogP contribution in [0.15, 0.2) is 0 Å². The van der Waals surface area contributed by atoms with Gasteiger partial charge in [0, 0.05) is 19.1 Å². The van der Waals surface area contributed by atoms with E-state index in [2.05, 4.69) is 5.32 Å². The van der Waals surface area contributed by atoms with Gasteiger partial charge in [-0.1, -0.05) is 0 Å². The fourth-order valence-electron chi connectivity index (χ4n) is 0.591. The normalized spacial score (nSPS) is 16.1. The first-order chi connectivity index (χ1) is 4.20. The molecule has 1 N–H and O–H groups in total. The van der Waals surface area contributed by atoms with E-state index in [9.17, 15) is 4.79 Å². The van der Waals surface area contributed by atoms with Crippen molar-refractivity contribution >= 4 is 6.03 Å². The van der Waals surface area contributed by atoms with Crippen molar-refractivity contribution in [2.24, 2.45) is 0 Å². The molecule has 0 radical (unpaired) electrons. The van der Waals surface area contributed by atoms with Crippen LogP contribution in [0.2, 0.25) is 0 Å². The molecule has 52 valence electrons. The van der Waals surface area contributed by atoms with Gasteiger partial charge in [-0.05, 0) is 13.8 Å². The minimum atomic E-state index is 0.0741. The number of carbonyl (C=O) groups is 1. The highest BCUT2D eigenvalue weighted by Gasteiger charge is 2.23. The number of rotatable bonds is 1. The maximum Gasteiger partial charge on any atom is 0.317 e. The van der Waals surface area contributed by atoms with Crippen molar-refractivity contribution < 1.29 is 4.79 Å². The summed E-state index contributed by atoms with van der Waals surface area (Å²) in [5.41, 5.74) is 0. The van der Waals surface area contributed by atoms with Crippen LogP contribution in [0.25, 0.3) is 0 Å². The van der Waals surface area contributed by atoms with Crippen molar-refractivity contribution in [1.29, 1.82) is 0 Å². The van der Waals surface area contributed by atoms with Crippen LogP contribution in [0.3, 0.4) is 0 Å². The number of urea groups is 1. The molecule has 0 aromatic carbocycles. The molecule has 1 fully saturated rings. The van der Waals surface area contributed by atoms with Crippen molar-refractivity contribution in [2.75, 3.05) is 13.1 Å². The summed E-state index contributed by atoms with van der Waals surface area (Å²) in [6, 6.07) is 0.336. The predicted octanol–water partition coefficient (Wildman–Crippen LogP) is 0.420. The van der Waals surface area contributed by atoms with Gasteiger partial charge in [0.15, 0.2) is 0 Å². The zero-order chi connectivity index (χ0) is 6.85. The van der Waals surface area contributed by atoms with E-state index in [1.807, 2.05) is 13.8 Å². The minimum Gasteiger partial charge on any atom is -0.336 e. The Balaban J connectivity index is 2.18. The molecule has 0 unspecified atom stereocenters. The van der Waals surface area contributed by atoms with Gasteiger partial charge in [-0.2, -0.15) is 0 Å². The van der Waals surface area contributed by atoms with Crippen LogP contribution in [-0.2, 0) is 0 Å². The molecule has 0 aromatic heterocycles. The van der Waals surface area contributed by atoms with Gasteiger partial charge in [0.05, 0.1) is 0 Å². The van der Waals surface area contributed by atoms with Gasteiger partial charge in [-0.15, -0.1) is 0 Å².